The summed E-state index contributed by atoms with van der Waals surface area (Å²) in [6, 6.07) is 0.204. The average Bonchev–Trinajstić information content (AvgIpc) is 3.29. The van der Waals surface area contributed by atoms with E-state index in [1.807, 2.05) is 16.8 Å². The van der Waals surface area contributed by atoms with Crippen molar-refractivity contribution >= 4 is 40.2 Å². The summed E-state index contributed by atoms with van der Waals surface area (Å²) in [5.41, 5.74) is 6.08. The molecule has 0 spiro atoms. The van der Waals surface area contributed by atoms with Crippen molar-refractivity contribution in [1.29, 1.82) is 0 Å². The van der Waals surface area contributed by atoms with Crippen LogP contribution in [0.15, 0.2) is 18.7 Å². The summed E-state index contributed by atoms with van der Waals surface area (Å²) in [6.45, 7) is 4.16. The molecule has 12 nitrogen and oxygen atoms in total. The van der Waals surface area contributed by atoms with Gasteiger partial charge in [-0.3, -0.25) is 19.2 Å². The number of rotatable bonds is 2. The number of thiazole rings is 1. The molecule has 4 rings (SSSR count). The molecule has 0 unspecified atom stereocenters. The van der Waals surface area contributed by atoms with E-state index < -0.39 is 11.9 Å². The number of carboxylic acid groups (broad SMARTS) is 2. The fraction of sp³-hybridized carbons (Fsp3) is 0.474. The lowest BCUT2D eigenvalue weighted by atomic mass is 9.82. The monoisotopic (exact) mass is 466 g/mol. The van der Waals surface area contributed by atoms with Gasteiger partial charge in [0.2, 0.25) is 0 Å². The van der Waals surface area contributed by atoms with Gasteiger partial charge < -0.3 is 30.3 Å². The van der Waals surface area contributed by atoms with Gasteiger partial charge in [0.25, 0.3) is 23.8 Å². The van der Waals surface area contributed by atoms with E-state index in [9.17, 15) is 9.59 Å². The third-order valence-corrected chi connectivity index (χ3v) is 5.55. The Morgan fingerprint density at radius 2 is 1.72 bits per heavy atom. The van der Waals surface area contributed by atoms with Crippen LogP contribution in [0.1, 0.15) is 40.4 Å². The number of aryl methyl sites for hydroxylation is 1. The summed E-state index contributed by atoms with van der Waals surface area (Å²) in [4.78, 5) is 55.3. The van der Waals surface area contributed by atoms with Crippen molar-refractivity contribution in [1.82, 2.24) is 24.3 Å². The second-order valence-corrected chi connectivity index (χ2v) is 8.41. The number of aliphatic carboxylic acids is 2. The van der Waals surface area contributed by atoms with Crippen LogP contribution >= 0.6 is 11.3 Å². The number of carbonyl (C=O) groups excluding carboxylic acids is 2. The lowest BCUT2D eigenvalue weighted by molar-refractivity contribution is -0.135. The number of amides is 2. The van der Waals surface area contributed by atoms with Crippen molar-refractivity contribution in [2.45, 2.75) is 26.3 Å². The van der Waals surface area contributed by atoms with E-state index in [1.54, 1.807) is 17.1 Å². The number of nitrogens with two attached hydrogens (primary N) is 1. The first-order chi connectivity index (χ1) is 15.0. The van der Waals surface area contributed by atoms with Crippen molar-refractivity contribution in [3.63, 3.8) is 0 Å². The first kappa shape index (κ1) is 24.8. The van der Waals surface area contributed by atoms with Crippen LogP contribution < -0.4 is 5.73 Å². The van der Waals surface area contributed by atoms with Gasteiger partial charge >= 0.3 is 0 Å². The SMILES string of the molecule is CC(=O)O.CC(=O)O.Cn1cnc(C(=O)N2C[C@@H]3CN(C(=O)c4cnc(N)s4)CC[C@@H]32)c1. The fourth-order valence-electron chi connectivity index (χ4n) is 3.49. The lowest BCUT2D eigenvalue weighted by Gasteiger charge is -2.53. The number of hydrogen-bond donors (Lipinski definition) is 3. The number of likely N-dealkylation sites (tertiary alicyclic amines) is 2. The zero-order chi connectivity index (χ0) is 24.0. The van der Waals surface area contributed by atoms with Crippen LogP contribution in [0.4, 0.5) is 5.13 Å². The Bertz CT molecular complexity index is 916. The summed E-state index contributed by atoms with van der Waals surface area (Å²) in [5, 5.41) is 15.2. The predicted octanol–water partition coefficient (Wildman–Crippen LogP) is 0.627. The van der Waals surface area contributed by atoms with Gasteiger partial charge in [0.15, 0.2) is 5.13 Å². The van der Waals surface area contributed by atoms with E-state index in [4.69, 9.17) is 25.5 Å². The molecule has 0 bridgehead atoms. The van der Waals surface area contributed by atoms with Gasteiger partial charge in [-0.1, -0.05) is 11.3 Å². The highest BCUT2D eigenvalue weighted by atomic mass is 32.1. The molecule has 13 heteroatoms. The van der Waals surface area contributed by atoms with Crippen molar-refractivity contribution in [3.05, 3.63) is 29.3 Å². The van der Waals surface area contributed by atoms with Crippen LogP contribution in [0.25, 0.3) is 0 Å². The number of fused-ring (bicyclic) bond motifs is 1. The molecule has 2 fully saturated rings. The van der Waals surface area contributed by atoms with Crippen molar-refractivity contribution < 1.29 is 29.4 Å². The largest absolute Gasteiger partial charge is 0.481 e. The number of hydrogen-bond acceptors (Lipinski definition) is 8. The minimum Gasteiger partial charge on any atom is -0.481 e. The molecule has 0 saturated carbocycles. The first-order valence-corrected chi connectivity index (χ1v) is 10.5. The van der Waals surface area contributed by atoms with Crippen LogP contribution in [-0.4, -0.2) is 84.0 Å². The van der Waals surface area contributed by atoms with Gasteiger partial charge in [-0.25, -0.2) is 9.97 Å². The number of imidazole rings is 1. The second-order valence-electron chi connectivity index (χ2n) is 7.35. The van der Waals surface area contributed by atoms with E-state index >= 15 is 0 Å². The standard InChI is InChI=1S/C15H18N6O2S.2C2H4O2/c1-19-7-10(18-8-19)13(22)21-6-9-5-20(3-2-11(9)21)14(23)12-4-17-15(16)24-12;2*1-2(3)4/h4,7-9,11H,2-3,5-6H2,1H3,(H2,16,17);2*1H3,(H,3,4)/t9-,11-;;/m0../s1. The average molecular weight is 467 g/mol. The van der Waals surface area contributed by atoms with Gasteiger partial charge in [0.1, 0.15) is 10.6 Å². The highest BCUT2D eigenvalue weighted by molar-refractivity contribution is 7.17. The molecule has 2 aromatic heterocycles. The van der Waals surface area contributed by atoms with Crippen LogP contribution in [0.2, 0.25) is 0 Å². The maximum Gasteiger partial charge on any atom is 0.300 e. The van der Waals surface area contributed by atoms with Gasteiger partial charge in [-0.2, -0.15) is 0 Å². The molecule has 4 N–H and O–H groups in total. The van der Waals surface area contributed by atoms with Gasteiger partial charge in [-0.05, 0) is 6.42 Å². The smallest absolute Gasteiger partial charge is 0.300 e. The van der Waals surface area contributed by atoms with E-state index in [0.717, 1.165) is 20.3 Å². The minimum absolute atomic E-state index is 0.0165. The molecule has 32 heavy (non-hydrogen) atoms. The third-order valence-electron chi connectivity index (χ3n) is 4.73. The van der Waals surface area contributed by atoms with E-state index in [-0.39, 0.29) is 17.9 Å². The Morgan fingerprint density at radius 1 is 1.09 bits per heavy atom. The maximum absolute atomic E-state index is 12.5. The van der Waals surface area contributed by atoms with Crippen LogP contribution in [0, 0.1) is 5.92 Å². The molecule has 2 saturated heterocycles. The van der Waals surface area contributed by atoms with Crippen molar-refractivity contribution in [2.24, 2.45) is 13.0 Å². The molecule has 0 radical (unpaired) electrons. The number of nitrogens with zero attached hydrogens (tertiary/aromatic N) is 5. The Hall–Kier alpha value is -3.48. The summed E-state index contributed by atoms with van der Waals surface area (Å²) in [7, 11) is 1.85. The molecule has 2 atom stereocenters. The van der Waals surface area contributed by atoms with E-state index in [0.29, 0.717) is 41.3 Å². The fourth-order valence-corrected chi connectivity index (χ4v) is 4.14. The highest BCUT2D eigenvalue weighted by Gasteiger charge is 2.46. The zero-order valence-electron chi connectivity index (χ0n) is 18.0. The normalized spacial score (nSPS) is 18.7. The summed E-state index contributed by atoms with van der Waals surface area (Å²) in [5.74, 6) is -1.37. The number of carbonyl (C=O) groups is 4. The first-order valence-electron chi connectivity index (χ1n) is 9.68. The third kappa shape index (κ3) is 6.51. The quantitative estimate of drug-likeness (QED) is 0.574. The number of piperidine rings is 1. The van der Waals surface area contributed by atoms with Crippen molar-refractivity contribution in [2.75, 3.05) is 25.4 Å². The highest BCUT2D eigenvalue weighted by Crippen LogP contribution is 2.34. The number of aromatic nitrogens is 3. The Morgan fingerprint density at radius 3 is 2.19 bits per heavy atom. The van der Waals surface area contributed by atoms with Crippen molar-refractivity contribution in [3.8, 4) is 0 Å². The molecule has 2 aromatic rings. The predicted molar refractivity (Wildman–Crippen MR) is 115 cm³/mol. The van der Waals surface area contributed by atoms with Crippen LogP contribution in [0.3, 0.4) is 0 Å². The van der Waals surface area contributed by atoms with Gasteiger partial charge in [0, 0.05) is 58.7 Å². The topological polar surface area (TPSA) is 172 Å². The summed E-state index contributed by atoms with van der Waals surface area (Å²) < 4.78 is 1.77. The molecule has 0 aliphatic carbocycles. The molecular formula is C19H26N6O6S. The maximum atomic E-state index is 12.5. The molecule has 4 heterocycles. The number of carboxylic acids is 2. The second kappa shape index (κ2) is 10.7. The van der Waals surface area contributed by atoms with Gasteiger partial charge in [0.05, 0.1) is 12.5 Å². The molecule has 2 aliphatic heterocycles. The van der Waals surface area contributed by atoms with Gasteiger partial charge in [-0.15, -0.1) is 0 Å². The Balaban J connectivity index is 0.000000395. The Kier molecular flexibility index (Phi) is 8.29. The van der Waals surface area contributed by atoms with E-state index in [1.165, 1.54) is 17.5 Å². The zero-order valence-corrected chi connectivity index (χ0v) is 18.8. The van der Waals surface area contributed by atoms with E-state index in [2.05, 4.69) is 9.97 Å². The molecule has 2 aliphatic rings. The van der Waals surface area contributed by atoms with Crippen LogP contribution in [0.5, 0.6) is 0 Å². The molecule has 0 aromatic carbocycles. The minimum atomic E-state index is -0.833. The number of nitrogen functional groups attached to an aromatic ring is 1. The summed E-state index contributed by atoms with van der Waals surface area (Å²) >= 11 is 1.21. The Labute approximate surface area is 188 Å². The molecule has 174 valence electrons. The lowest BCUT2D eigenvalue weighted by Crippen LogP contribution is -2.65. The molecule has 2 amide bonds. The summed E-state index contributed by atoms with van der Waals surface area (Å²) in [6.07, 6.45) is 5.70. The van der Waals surface area contributed by atoms with Crippen LogP contribution in [-0.2, 0) is 16.6 Å². The molecular weight excluding hydrogens is 440 g/mol. The number of anilines is 1.